The standard InChI is InChI=1S/C15H22O5S/c1-10-7-11(2)14(12(3)8-10)21(17,18)19-9-13(16)20-15(4,5)6/h7-8H,9H2,1-6H3. The van der Waals surface area contributed by atoms with Gasteiger partial charge in [0, 0.05) is 0 Å². The molecular formula is C15H22O5S. The van der Waals surface area contributed by atoms with Crippen molar-refractivity contribution in [2.75, 3.05) is 6.61 Å². The summed E-state index contributed by atoms with van der Waals surface area (Å²) < 4.78 is 34.3. The normalized spacial score (nSPS) is 12.3. The van der Waals surface area contributed by atoms with E-state index in [1.807, 2.05) is 6.92 Å². The van der Waals surface area contributed by atoms with Gasteiger partial charge in [-0.15, -0.1) is 0 Å². The van der Waals surface area contributed by atoms with Crippen LogP contribution in [-0.2, 0) is 23.8 Å². The smallest absolute Gasteiger partial charge is 0.334 e. The lowest BCUT2D eigenvalue weighted by Gasteiger charge is -2.19. The molecule has 5 nitrogen and oxygen atoms in total. The highest BCUT2D eigenvalue weighted by Gasteiger charge is 2.24. The van der Waals surface area contributed by atoms with Crippen LogP contribution in [-0.4, -0.2) is 26.6 Å². The van der Waals surface area contributed by atoms with Crippen LogP contribution in [0.3, 0.4) is 0 Å². The Bertz CT molecular complexity index is 616. The number of aryl methyl sites for hydroxylation is 3. The van der Waals surface area contributed by atoms with Crippen LogP contribution in [0.25, 0.3) is 0 Å². The van der Waals surface area contributed by atoms with E-state index in [9.17, 15) is 13.2 Å². The number of benzene rings is 1. The molecule has 0 atom stereocenters. The van der Waals surface area contributed by atoms with E-state index in [4.69, 9.17) is 8.92 Å². The summed E-state index contributed by atoms with van der Waals surface area (Å²) in [7, 11) is -3.99. The van der Waals surface area contributed by atoms with Gasteiger partial charge in [0.1, 0.15) is 5.60 Å². The van der Waals surface area contributed by atoms with Crippen LogP contribution in [0.4, 0.5) is 0 Å². The molecular weight excluding hydrogens is 292 g/mol. The molecule has 0 N–H and O–H groups in total. The van der Waals surface area contributed by atoms with Crippen LogP contribution in [0.15, 0.2) is 17.0 Å². The summed E-state index contributed by atoms with van der Waals surface area (Å²) in [4.78, 5) is 11.7. The van der Waals surface area contributed by atoms with Crippen LogP contribution < -0.4 is 0 Å². The van der Waals surface area contributed by atoms with Crippen molar-refractivity contribution in [3.8, 4) is 0 Å². The first-order chi connectivity index (χ1) is 9.42. The predicted octanol–water partition coefficient (Wildman–Crippen LogP) is 2.66. The van der Waals surface area contributed by atoms with Crippen LogP contribution >= 0.6 is 0 Å². The van der Waals surface area contributed by atoms with Gasteiger partial charge in [0.25, 0.3) is 10.1 Å². The van der Waals surface area contributed by atoms with Gasteiger partial charge in [-0.1, -0.05) is 17.7 Å². The molecule has 0 aliphatic rings. The van der Waals surface area contributed by atoms with Crippen LogP contribution in [0, 0.1) is 20.8 Å². The van der Waals surface area contributed by atoms with Crippen molar-refractivity contribution in [3.63, 3.8) is 0 Å². The molecule has 1 aromatic carbocycles. The van der Waals surface area contributed by atoms with Crippen molar-refractivity contribution in [2.45, 2.75) is 52.0 Å². The molecule has 0 saturated heterocycles. The van der Waals surface area contributed by atoms with Crippen molar-refractivity contribution in [1.82, 2.24) is 0 Å². The second-order valence-corrected chi connectivity index (χ2v) is 7.58. The average molecular weight is 314 g/mol. The fourth-order valence-corrected chi connectivity index (χ4v) is 3.39. The van der Waals surface area contributed by atoms with Crippen LogP contribution in [0.1, 0.15) is 37.5 Å². The SMILES string of the molecule is Cc1cc(C)c(S(=O)(=O)OCC(=O)OC(C)(C)C)c(C)c1. The van der Waals surface area contributed by atoms with Gasteiger partial charge >= 0.3 is 5.97 Å². The van der Waals surface area contributed by atoms with Gasteiger partial charge in [0.05, 0.1) is 4.90 Å². The fraction of sp³-hybridized carbons (Fsp3) is 0.533. The minimum absolute atomic E-state index is 0.108. The van der Waals surface area contributed by atoms with Gasteiger partial charge in [-0.25, -0.2) is 4.79 Å². The van der Waals surface area contributed by atoms with E-state index < -0.39 is 28.3 Å². The van der Waals surface area contributed by atoms with E-state index in [2.05, 4.69) is 0 Å². The third kappa shape index (κ3) is 5.13. The number of carbonyl (C=O) groups excluding carboxylic acids is 1. The van der Waals surface area contributed by atoms with E-state index in [1.165, 1.54) is 0 Å². The molecule has 0 radical (unpaired) electrons. The van der Waals surface area contributed by atoms with Crippen molar-refractivity contribution in [1.29, 1.82) is 0 Å². The van der Waals surface area contributed by atoms with Gasteiger partial charge in [0.2, 0.25) is 0 Å². The summed E-state index contributed by atoms with van der Waals surface area (Å²) in [6, 6.07) is 3.52. The minimum Gasteiger partial charge on any atom is -0.458 e. The molecule has 0 unspecified atom stereocenters. The number of hydrogen-bond acceptors (Lipinski definition) is 5. The molecule has 0 heterocycles. The van der Waals surface area contributed by atoms with Gasteiger partial charge in [0.15, 0.2) is 6.61 Å². The van der Waals surface area contributed by atoms with Gasteiger partial charge in [-0.05, 0) is 52.7 Å². The van der Waals surface area contributed by atoms with Gasteiger partial charge in [-0.3, -0.25) is 4.18 Å². The molecule has 0 fully saturated rings. The maximum absolute atomic E-state index is 12.2. The van der Waals surface area contributed by atoms with Gasteiger partial charge in [-0.2, -0.15) is 8.42 Å². The Hall–Kier alpha value is -1.40. The summed E-state index contributed by atoms with van der Waals surface area (Å²) in [5, 5.41) is 0. The van der Waals surface area contributed by atoms with E-state index >= 15 is 0 Å². The van der Waals surface area contributed by atoms with Gasteiger partial charge < -0.3 is 4.74 Å². The van der Waals surface area contributed by atoms with E-state index in [-0.39, 0.29) is 4.90 Å². The highest BCUT2D eigenvalue weighted by molar-refractivity contribution is 7.86. The third-order valence-electron chi connectivity index (χ3n) is 2.61. The lowest BCUT2D eigenvalue weighted by molar-refractivity contribution is -0.157. The van der Waals surface area contributed by atoms with Crippen molar-refractivity contribution in [3.05, 3.63) is 28.8 Å². The molecule has 0 spiro atoms. The van der Waals surface area contributed by atoms with E-state index in [1.54, 1.807) is 46.8 Å². The number of ether oxygens (including phenoxy) is 1. The lowest BCUT2D eigenvalue weighted by atomic mass is 10.1. The summed E-state index contributed by atoms with van der Waals surface area (Å²) in [5.41, 5.74) is 1.48. The minimum atomic E-state index is -3.99. The maximum Gasteiger partial charge on any atom is 0.334 e. The molecule has 1 aromatic rings. The Morgan fingerprint density at radius 1 is 1.10 bits per heavy atom. The molecule has 0 aliphatic heterocycles. The van der Waals surface area contributed by atoms with E-state index in [0.29, 0.717) is 11.1 Å². The highest BCUT2D eigenvalue weighted by Crippen LogP contribution is 2.23. The predicted molar refractivity (Wildman–Crippen MR) is 79.6 cm³/mol. The van der Waals surface area contributed by atoms with Crippen LogP contribution in [0.5, 0.6) is 0 Å². The molecule has 21 heavy (non-hydrogen) atoms. The fourth-order valence-electron chi connectivity index (χ4n) is 2.12. The average Bonchev–Trinajstić information content (AvgIpc) is 2.22. The zero-order valence-electron chi connectivity index (χ0n) is 13.3. The molecule has 118 valence electrons. The molecule has 6 heteroatoms. The Kier molecular flexibility index (Phi) is 5.17. The number of hydrogen-bond donors (Lipinski definition) is 0. The largest absolute Gasteiger partial charge is 0.458 e. The Morgan fingerprint density at radius 2 is 1.57 bits per heavy atom. The first-order valence-electron chi connectivity index (χ1n) is 6.61. The Morgan fingerprint density at radius 3 is 2.00 bits per heavy atom. The van der Waals surface area contributed by atoms with Crippen molar-refractivity contribution < 1.29 is 22.1 Å². The molecule has 1 rings (SSSR count). The molecule has 0 bridgehead atoms. The Labute approximate surface area is 126 Å². The first-order valence-corrected chi connectivity index (χ1v) is 8.02. The first kappa shape index (κ1) is 17.7. The summed E-state index contributed by atoms with van der Waals surface area (Å²) in [6.45, 7) is 9.76. The molecule has 0 amide bonds. The zero-order chi connectivity index (χ0) is 16.4. The number of rotatable bonds is 4. The molecule has 0 aliphatic carbocycles. The number of carbonyl (C=O) groups is 1. The second-order valence-electron chi connectivity index (χ2n) is 6.03. The summed E-state index contributed by atoms with van der Waals surface area (Å²) >= 11 is 0. The van der Waals surface area contributed by atoms with Crippen molar-refractivity contribution in [2.24, 2.45) is 0 Å². The highest BCUT2D eigenvalue weighted by atomic mass is 32.2. The zero-order valence-corrected chi connectivity index (χ0v) is 14.1. The second kappa shape index (κ2) is 6.15. The maximum atomic E-state index is 12.2. The Balaban J connectivity index is 2.91. The quantitative estimate of drug-likeness (QED) is 0.631. The third-order valence-corrected chi connectivity index (χ3v) is 4.18. The summed E-state index contributed by atoms with van der Waals surface area (Å²) in [5.74, 6) is -0.714. The summed E-state index contributed by atoms with van der Waals surface area (Å²) in [6.07, 6.45) is 0. The number of esters is 1. The van der Waals surface area contributed by atoms with Crippen LogP contribution in [0.2, 0.25) is 0 Å². The topological polar surface area (TPSA) is 69.7 Å². The monoisotopic (exact) mass is 314 g/mol. The van der Waals surface area contributed by atoms with Crippen molar-refractivity contribution >= 4 is 16.1 Å². The molecule has 0 aromatic heterocycles. The van der Waals surface area contributed by atoms with E-state index in [0.717, 1.165) is 5.56 Å². The molecule has 0 saturated carbocycles. The lowest BCUT2D eigenvalue weighted by Crippen LogP contribution is -2.27.